The second-order valence-corrected chi connectivity index (χ2v) is 6.77. The molecule has 0 bridgehead atoms. The van der Waals surface area contributed by atoms with E-state index in [1.54, 1.807) is 0 Å². The van der Waals surface area contributed by atoms with Gasteiger partial charge in [0, 0.05) is 18.6 Å². The molecule has 17 heavy (non-hydrogen) atoms. The standard InChI is InChI=1S/C15H31NO/c1-7-15(6,12-14(4,5)13(2)3)16-8-10-17-11-9-16/h13H,7-12H2,1-6H3. The third-order valence-electron chi connectivity index (χ3n) is 4.94. The lowest BCUT2D eigenvalue weighted by Gasteiger charge is -2.48. The molecule has 1 atom stereocenters. The van der Waals surface area contributed by atoms with Crippen LogP contribution >= 0.6 is 0 Å². The largest absolute Gasteiger partial charge is 0.379 e. The first-order valence-corrected chi connectivity index (χ1v) is 7.14. The summed E-state index contributed by atoms with van der Waals surface area (Å²) in [6.07, 6.45) is 2.50. The summed E-state index contributed by atoms with van der Waals surface area (Å²) in [7, 11) is 0. The van der Waals surface area contributed by atoms with Crippen LogP contribution in [0.5, 0.6) is 0 Å². The molecule has 0 aromatic rings. The molecule has 1 heterocycles. The van der Waals surface area contributed by atoms with Gasteiger partial charge < -0.3 is 4.74 Å². The van der Waals surface area contributed by atoms with Crippen molar-refractivity contribution < 1.29 is 4.74 Å². The van der Waals surface area contributed by atoms with Crippen molar-refractivity contribution in [2.45, 2.75) is 59.9 Å². The third kappa shape index (κ3) is 3.69. The molecule has 0 aliphatic carbocycles. The molecule has 0 aromatic carbocycles. The normalized spacial score (nSPS) is 22.8. The summed E-state index contributed by atoms with van der Waals surface area (Å²) >= 11 is 0. The molecule has 1 fully saturated rings. The van der Waals surface area contributed by atoms with E-state index in [9.17, 15) is 0 Å². The van der Waals surface area contributed by atoms with Crippen molar-refractivity contribution >= 4 is 0 Å². The fourth-order valence-corrected chi connectivity index (χ4v) is 2.75. The summed E-state index contributed by atoms with van der Waals surface area (Å²) in [4.78, 5) is 2.64. The molecular weight excluding hydrogens is 210 g/mol. The van der Waals surface area contributed by atoms with Crippen LogP contribution in [0, 0.1) is 11.3 Å². The van der Waals surface area contributed by atoms with Crippen molar-refractivity contribution in [3.05, 3.63) is 0 Å². The Bertz CT molecular complexity index is 231. The first-order valence-electron chi connectivity index (χ1n) is 7.14. The summed E-state index contributed by atoms with van der Waals surface area (Å²) < 4.78 is 5.48. The molecule has 1 rings (SSSR count). The first kappa shape index (κ1) is 15.0. The van der Waals surface area contributed by atoms with Crippen molar-refractivity contribution in [2.24, 2.45) is 11.3 Å². The van der Waals surface area contributed by atoms with Crippen LogP contribution in [0.3, 0.4) is 0 Å². The Labute approximate surface area is 108 Å². The lowest BCUT2D eigenvalue weighted by molar-refractivity contribution is -0.0382. The van der Waals surface area contributed by atoms with Gasteiger partial charge in [0.1, 0.15) is 0 Å². The topological polar surface area (TPSA) is 12.5 Å². The predicted octanol–water partition coefficient (Wildman–Crippen LogP) is 3.56. The zero-order chi connectivity index (χ0) is 13.1. The van der Waals surface area contributed by atoms with E-state index < -0.39 is 0 Å². The smallest absolute Gasteiger partial charge is 0.0594 e. The molecule has 2 nitrogen and oxygen atoms in total. The summed E-state index contributed by atoms with van der Waals surface area (Å²) in [5, 5.41) is 0. The zero-order valence-electron chi connectivity index (χ0n) is 12.7. The number of ether oxygens (including phenoxy) is 1. The van der Waals surface area contributed by atoms with E-state index in [1.165, 1.54) is 12.8 Å². The minimum Gasteiger partial charge on any atom is -0.379 e. The highest BCUT2D eigenvalue weighted by Gasteiger charge is 2.37. The fourth-order valence-electron chi connectivity index (χ4n) is 2.75. The van der Waals surface area contributed by atoms with Gasteiger partial charge in [-0.1, -0.05) is 34.6 Å². The van der Waals surface area contributed by atoms with Crippen LogP contribution in [0.1, 0.15) is 54.4 Å². The molecule has 1 unspecified atom stereocenters. The second kappa shape index (κ2) is 5.71. The van der Waals surface area contributed by atoms with Gasteiger partial charge in [-0.15, -0.1) is 0 Å². The maximum atomic E-state index is 5.48. The highest BCUT2D eigenvalue weighted by molar-refractivity contribution is 4.92. The Balaban J connectivity index is 2.73. The zero-order valence-corrected chi connectivity index (χ0v) is 12.7. The van der Waals surface area contributed by atoms with Crippen LogP contribution in [0.2, 0.25) is 0 Å². The van der Waals surface area contributed by atoms with Crippen LogP contribution in [0.4, 0.5) is 0 Å². The van der Waals surface area contributed by atoms with Gasteiger partial charge in [0.25, 0.3) is 0 Å². The van der Waals surface area contributed by atoms with E-state index in [4.69, 9.17) is 4.74 Å². The Morgan fingerprint density at radius 3 is 2.06 bits per heavy atom. The maximum Gasteiger partial charge on any atom is 0.0594 e. The monoisotopic (exact) mass is 241 g/mol. The second-order valence-electron chi connectivity index (χ2n) is 6.77. The molecule has 1 aliphatic heterocycles. The molecule has 0 radical (unpaired) electrons. The van der Waals surface area contributed by atoms with E-state index >= 15 is 0 Å². The van der Waals surface area contributed by atoms with Gasteiger partial charge in [0.05, 0.1) is 13.2 Å². The molecule has 2 heteroatoms. The van der Waals surface area contributed by atoms with Crippen molar-refractivity contribution in [1.29, 1.82) is 0 Å². The van der Waals surface area contributed by atoms with E-state index in [0.29, 0.717) is 11.0 Å². The van der Waals surface area contributed by atoms with Gasteiger partial charge in [-0.2, -0.15) is 0 Å². The number of hydrogen-bond donors (Lipinski definition) is 0. The highest BCUT2D eigenvalue weighted by Crippen LogP contribution is 2.39. The Kier molecular flexibility index (Phi) is 5.03. The first-order chi connectivity index (χ1) is 7.82. The predicted molar refractivity (Wildman–Crippen MR) is 74.3 cm³/mol. The van der Waals surface area contributed by atoms with Gasteiger partial charge in [-0.3, -0.25) is 4.90 Å². The van der Waals surface area contributed by atoms with Crippen LogP contribution in [-0.4, -0.2) is 36.7 Å². The summed E-state index contributed by atoms with van der Waals surface area (Å²) in [6.45, 7) is 18.3. The Morgan fingerprint density at radius 1 is 1.12 bits per heavy atom. The summed E-state index contributed by atoms with van der Waals surface area (Å²) in [6, 6.07) is 0. The quantitative estimate of drug-likeness (QED) is 0.730. The van der Waals surface area contributed by atoms with E-state index in [1.807, 2.05) is 0 Å². The minimum atomic E-state index is 0.331. The van der Waals surface area contributed by atoms with Crippen LogP contribution in [-0.2, 0) is 4.74 Å². The highest BCUT2D eigenvalue weighted by atomic mass is 16.5. The molecule has 0 aromatic heterocycles. The number of nitrogens with zero attached hydrogens (tertiary/aromatic N) is 1. The van der Waals surface area contributed by atoms with Crippen LogP contribution in [0.25, 0.3) is 0 Å². The molecule has 0 N–H and O–H groups in total. The summed E-state index contributed by atoms with van der Waals surface area (Å²) in [5.74, 6) is 0.731. The fraction of sp³-hybridized carbons (Fsp3) is 1.00. The van der Waals surface area contributed by atoms with E-state index in [2.05, 4.69) is 46.4 Å². The average molecular weight is 241 g/mol. The third-order valence-corrected chi connectivity index (χ3v) is 4.94. The van der Waals surface area contributed by atoms with Gasteiger partial charge in [0.2, 0.25) is 0 Å². The van der Waals surface area contributed by atoms with E-state index in [0.717, 1.165) is 32.2 Å². The van der Waals surface area contributed by atoms with Crippen LogP contribution < -0.4 is 0 Å². The number of rotatable bonds is 5. The van der Waals surface area contributed by atoms with Crippen molar-refractivity contribution in [3.63, 3.8) is 0 Å². The SMILES string of the molecule is CCC(C)(CC(C)(C)C(C)C)N1CCOCC1. The minimum absolute atomic E-state index is 0.331. The lowest BCUT2D eigenvalue weighted by atomic mass is 9.70. The average Bonchev–Trinajstić information content (AvgIpc) is 2.29. The van der Waals surface area contributed by atoms with Gasteiger partial charge in [-0.05, 0) is 31.1 Å². The van der Waals surface area contributed by atoms with Crippen molar-refractivity contribution in [3.8, 4) is 0 Å². The Hall–Kier alpha value is -0.0800. The van der Waals surface area contributed by atoms with Gasteiger partial charge in [-0.25, -0.2) is 0 Å². The van der Waals surface area contributed by atoms with Crippen molar-refractivity contribution in [2.75, 3.05) is 26.3 Å². The van der Waals surface area contributed by atoms with Gasteiger partial charge in [0.15, 0.2) is 0 Å². The molecule has 1 aliphatic rings. The Morgan fingerprint density at radius 2 is 1.65 bits per heavy atom. The van der Waals surface area contributed by atoms with Crippen LogP contribution in [0.15, 0.2) is 0 Å². The molecule has 0 saturated carbocycles. The van der Waals surface area contributed by atoms with Gasteiger partial charge >= 0.3 is 0 Å². The lowest BCUT2D eigenvalue weighted by Crippen LogP contribution is -2.53. The summed E-state index contributed by atoms with van der Waals surface area (Å²) in [5.41, 5.74) is 0.737. The molecular formula is C15H31NO. The molecule has 0 spiro atoms. The maximum absolute atomic E-state index is 5.48. The van der Waals surface area contributed by atoms with E-state index in [-0.39, 0.29) is 0 Å². The number of hydrogen-bond acceptors (Lipinski definition) is 2. The molecule has 102 valence electrons. The molecule has 1 saturated heterocycles. The number of morpholine rings is 1. The van der Waals surface area contributed by atoms with Crippen molar-refractivity contribution in [1.82, 2.24) is 4.90 Å². The molecule has 0 amide bonds.